The molecule has 0 spiro atoms. The van der Waals surface area contributed by atoms with Crippen molar-refractivity contribution in [3.8, 4) is 0 Å². The first kappa shape index (κ1) is 13.7. The van der Waals surface area contributed by atoms with Gasteiger partial charge in [0.15, 0.2) is 0 Å². The zero-order valence-corrected chi connectivity index (χ0v) is 10.2. The standard InChI is InChI=1S/C13H19NO3/c1-14-11(8-9-12(15)17-2)13(16)10-6-4-3-5-7-10/h3-7,11,13-14,16H,8-9H2,1-2H3. The highest BCUT2D eigenvalue weighted by Gasteiger charge is 2.19. The van der Waals surface area contributed by atoms with Gasteiger partial charge >= 0.3 is 5.97 Å². The number of hydrogen-bond acceptors (Lipinski definition) is 4. The number of nitrogens with one attached hydrogen (secondary N) is 1. The Bertz CT molecular complexity index is 340. The van der Waals surface area contributed by atoms with Crippen molar-refractivity contribution < 1.29 is 14.6 Å². The van der Waals surface area contributed by atoms with E-state index >= 15 is 0 Å². The van der Waals surface area contributed by atoms with Crippen LogP contribution in [0.1, 0.15) is 24.5 Å². The smallest absolute Gasteiger partial charge is 0.305 e. The summed E-state index contributed by atoms with van der Waals surface area (Å²) < 4.78 is 4.58. The maximum absolute atomic E-state index is 11.1. The van der Waals surface area contributed by atoms with E-state index in [1.165, 1.54) is 7.11 Å². The number of carbonyl (C=O) groups excluding carboxylic acids is 1. The van der Waals surface area contributed by atoms with Gasteiger partial charge in [-0.1, -0.05) is 30.3 Å². The summed E-state index contributed by atoms with van der Waals surface area (Å²) in [7, 11) is 3.14. The molecule has 1 aromatic carbocycles. The second-order valence-electron chi connectivity index (χ2n) is 3.87. The Morgan fingerprint density at radius 3 is 2.59 bits per heavy atom. The largest absolute Gasteiger partial charge is 0.469 e. The summed E-state index contributed by atoms with van der Waals surface area (Å²) in [5.74, 6) is -0.259. The molecule has 0 aliphatic carbocycles. The lowest BCUT2D eigenvalue weighted by Gasteiger charge is -2.22. The lowest BCUT2D eigenvalue weighted by atomic mass is 9.98. The Labute approximate surface area is 102 Å². The second-order valence-corrected chi connectivity index (χ2v) is 3.87. The van der Waals surface area contributed by atoms with Crippen molar-refractivity contribution in [3.05, 3.63) is 35.9 Å². The first-order chi connectivity index (χ1) is 8.19. The lowest BCUT2D eigenvalue weighted by Crippen LogP contribution is -2.32. The van der Waals surface area contributed by atoms with Crippen molar-refractivity contribution in [2.75, 3.05) is 14.2 Å². The van der Waals surface area contributed by atoms with E-state index in [1.54, 1.807) is 7.05 Å². The van der Waals surface area contributed by atoms with Crippen LogP contribution in [0.2, 0.25) is 0 Å². The molecule has 0 aliphatic heterocycles. The molecule has 2 unspecified atom stereocenters. The van der Waals surface area contributed by atoms with Gasteiger partial charge in [0.2, 0.25) is 0 Å². The minimum Gasteiger partial charge on any atom is -0.469 e. The maximum Gasteiger partial charge on any atom is 0.305 e. The van der Waals surface area contributed by atoms with E-state index < -0.39 is 6.10 Å². The van der Waals surface area contributed by atoms with E-state index in [4.69, 9.17) is 0 Å². The van der Waals surface area contributed by atoms with Gasteiger partial charge in [-0.3, -0.25) is 4.79 Å². The Balaban J connectivity index is 2.58. The molecule has 1 rings (SSSR count). The third kappa shape index (κ3) is 4.17. The summed E-state index contributed by atoms with van der Waals surface area (Å²) >= 11 is 0. The summed E-state index contributed by atoms with van der Waals surface area (Å²) in [4.78, 5) is 11.1. The number of hydrogen-bond donors (Lipinski definition) is 2. The number of aliphatic hydroxyl groups is 1. The highest BCUT2D eigenvalue weighted by atomic mass is 16.5. The van der Waals surface area contributed by atoms with Crippen molar-refractivity contribution in [1.29, 1.82) is 0 Å². The van der Waals surface area contributed by atoms with E-state index in [2.05, 4.69) is 10.1 Å². The van der Waals surface area contributed by atoms with Gasteiger partial charge < -0.3 is 15.2 Å². The predicted octanol–water partition coefficient (Wildman–Crippen LogP) is 1.26. The van der Waals surface area contributed by atoms with Crippen LogP contribution in [-0.4, -0.2) is 31.3 Å². The Morgan fingerprint density at radius 2 is 2.06 bits per heavy atom. The van der Waals surface area contributed by atoms with E-state index in [0.29, 0.717) is 12.8 Å². The zero-order valence-electron chi connectivity index (χ0n) is 10.2. The average molecular weight is 237 g/mol. The minimum absolute atomic E-state index is 0.156. The highest BCUT2D eigenvalue weighted by Crippen LogP contribution is 2.19. The number of methoxy groups -OCH3 is 1. The number of likely N-dealkylation sites (N-methyl/N-ethyl adjacent to an activating group) is 1. The highest BCUT2D eigenvalue weighted by molar-refractivity contribution is 5.69. The van der Waals surface area contributed by atoms with Crippen LogP contribution < -0.4 is 5.32 Å². The number of esters is 1. The molecule has 0 aliphatic rings. The van der Waals surface area contributed by atoms with Gasteiger partial charge in [0.25, 0.3) is 0 Å². The van der Waals surface area contributed by atoms with Crippen LogP contribution >= 0.6 is 0 Å². The molecule has 0 bridgehead atoms. The molecule has 2 atom stereocenters. The van der Waals surface area contributed by atoms with Gasteiger partial charge in [0, 0.05) is 12.5 Å². The summed E-state index contributed by atoms with van der Waals surface area (Å²) in [6.45, 7) is 0. The molecule has 0 saturated heterocycles. The van der Waals surface area contributed by atoms with Gasteiger partial charge in [0.05, 0.1) is 13.2 Å². The maximum atomic E-state index is 11.1. The Hall–Kier alpha value is -1.39. The molecule has 0 heterocycles. The second kappa shape index (κ2) is 7.04. The molecule has 0 saturated carbocycles. The number of rotatable bonds is 6. The number of ether oxygens (including phenoxy) is 1. The zero-order chi connectivity index (χ0) is 12.7. The molecule has 17 heavy (non-hydrogen) atoms. The summed E-state index contributed by atoms with van der Waals surface area (Å²) in [5.41, 5.74) is 0.844. The third-order valence-corrected chi connectivity index (χ3v) is 2.78. The quantitative estimate of drug-likeness (QED) is 0.731. The molecule has 4 nitrogen and oxygen atoms in total. The minimum atomic E-state index is -0.620. The van der Waals surface area contributed by atoms with Crippen molar-refractivity contribution in [3.63, 3.8) is 0 Å². The van der Waals surface area contributed by atoms with Crippen molar-refractivity contribution in [2.24, 2.45) is 0 Å². The molecule has 4 heteroatoms. The van der Waals surface area contributed by atoms with Crippen LogP contribution in [0.5, 0.6) is 0 Å². The molecule has 0 aromatic heterocycles. The molecule has 0 amide bonds. The fourth-order valence-electron chi connectivity index (χ4n) is 1.72. The number of aliphatic hydroxyl groups excluding tert-OH is 1. The van der Waals surface area contributed by atoms with Gasteiger partial charge in [-0.15, -0.1) is 0 Å². The topological polar surface area (TPSA) is 58.6 Å². The molecule has 0 radical (unpaired) electrons. The first-order valence-corrected chi connectivity index (χ1v) is 5.66. The molecular weight excluding hydrogens is 218 g/mol. The fraction of sp³-hybridized carbons (Fsp3) is 0.462. The molecular formula is C13H19NO3. The van der Waals surface area contributed by atoms with Crippen molar-refractivity contribution in [2.45, 2.75) is 25.0 Å². The average Bonchev–Trinajstić information content (AvgIpc) is 2.39. The fourth-order valence-corrected chi connectivity index (χ4v) is 1.72. The normalized spacial score (nSPS) is 14.1. The van der Waals surface area contributed by atoms with Crippen LogP contribution in [0.25, 0.3) is 0 Å². The van der Waals surface area contributed by atoms with Crippen molar-refractivity contribution in [1.82, 2.24) is 5.32 Å². The summed E-state index contributed by atoms with van der Waals surface area (Å²) in [5, 5.41) is 13.2. The molecule has 0 fully saturated rings. The molecule has 1 aromatic rings. The SMILES string of the molecule is CNC(CCC(=O)OC)C(O)c1ccccc1. The van der Waals surface area contributed by atoms with Gasteiger partial charge in [-0.25, -0.2) is 0 Å². The van der Waals surface area contributed by atoms with E-state index in [-0.39, 0.29) is 12.0 Å². The van der Waals surface area contributed by atoms with E-state index in [1.807, 2.05) is 30.3 Å². The lowest BCUT2D eigenvalue weighted by molar-refractivity contribution is -0.140. The van der Waals surface area contributed by atoms with Crippen molar-refractivity contribution >= 4 is 5.97 Å². The van der Waals surface area contributed by atoms with E-state index in [0.717, 1.165) is 5.56 Å². The Morgan fingerprint density at radius 1 is 1.41 bits per heavy atom. The van der Waals surface area contributed by atoms with E-state index in [9.17, 15) is 9.90 Å². The van der Waals surface area contributed by atoms with Crippen LogP contribution in [0.4, 0.5) is 0 Å². The number of carbonyl (C=O) groups is 1. The predicted molar refractivity (Wildman–Crippen MR) is 65.5 cm³/mol. The molecule has 94 valence electrons. The monoisotopic (exact) mass is 237 g/mol. The summed E-state index contributed by atoms with van der Waals surface area (Å²) in [6.07, 6.45) is 0.219. The first-order valence-electron chi connectivity index (χ1n) is 5.66. The van der Waals surface area contributed by atoms with Gasteiger partial charge in [0.1, 0.15) is 0 Å². The Kier molecular flexibility index (Phi) is 5.66. The molecule has 2 N–H and O–H groups in total. The van der Waals surface area contributed by atoms with Crippen LogP contribution in [-0.2, 0) is 9.53 Å². The van der Waals surface area contributed by atoms with Gasteiger partial charge in [-0.2, -0.15) is 0 Å². The van der Waals surface area contributed by atoms with Crippen LogP contribution in [0, 0.1) is 0 Å². The number of benzene rings is 1. The van der Waals surface area contributed by atoms with Crippen LogP contribution in [0.15, 0.2) is 30.3 Å². The van der Waals surface area contributed by atoms with Crippen LogP contribution in [0.3, 0.4) is 0 Å². The summed E-state index contributed by atoms with van der Waals surface area (Å²) in [6, 6.07) is 9.24. The van der Waals surface area contributed by atoms with Gasteiger partial charge in [-0.05, 0) is 19.0 Å². The third-order valence-electron chi connectivity index (χ3n) is 2.78.